The number of rotatable bonds is 5. The van der Waals surface area contributed by atoms with E-state index < -0.39 is 0 Å². The Hall–Kier alpha value is -1.54. The summed E-state index contributed by atoms with van der Waals surface area (Å²) in [6.45, 7) is 2.51. The number of anilines is 1. The molecule has 0 aliphatic carbocycles. The van der Waals surface area contributed by atoms with Crippen molar-refractivity contribution in [2.75, 3.05) is 18.9 Å². The van der Waals surface area contributed by atoms with Crippen LogP contribution in [0.4, 0.5) is 5.13 Å². The smallest absolute Gasteiger partial charge is 0.282 e. The monoisotopic (exact) mass is 283 g/mol. The summed E-state index contributed by atoms with van der Waals surface area (Å²) < 4.78 is 0. The molecule has 2 N–H and O–H groups in total. The normalized spacial score (nSPS) is 10.3. The third-order valence-corrected chi connectivity index (χ3v) is 4.09. The van der Waals surface area contributed by atoms with Crippen LogP contribution in [0.2, 0.25) is 0 Å². The van der Waals surface area contributed by atoms with Gasteiger partial charge in [-0.15, -0.1) is 21.5 Å². The number of aromatic nitrogens is 3. The topological polar surface area (TPSA) is 79.8 Å². The van der Waals surface area contributed by atoms with Crippen LogP contribution in [0, 0.1) is 6.92 Å². The van der Waals surface area contributed by atoms with Crippen LogP contribution in [0.1, 0.15) is 20.5 Å². The van der Waals surface area contributed by atoms with E-state index in [4.69, 9.17) is 0 Å². The molecule has 0 radical (unpaired) electrons. The van der Waals surface area contributed by atoms with Crippen LogP contribution in [0.15, 0.2) is 5.38 Å². The fourth-order valence-electron chi connectivity index (χ4n) is 1.29. The number of thiazole rings is 1. The quantitative estimate of drug-likeness (QED) is 0.865. The average Bonchev–Trinajstić information content (AvgIpc) is 2.98. The Labute approximate surface area is 112 Å². The summed E-state index contributed by atoms with van der Waals surface area (Å²) in [6, 6.07) is 0. The van der Waals surface area contributed by atoms with E-state index in [-0.39, 0.29) is 5.91 Å². The van der Waals surface area contributed by atoms with Gasteiger partial charge in [-0.3, -0.25) is 4.79 Å². The molecule has 2 aromatic rings. The van der Waals surface area contributed by atoms with E-state index in [1.165, 1.54) is 11.3 Å². The van der Waals surface area contributed by atoms with E-state index in [1.54, 1.807) is 18.4 Å². The first-order valence-corrected chi connectivity index (χ1v) is 7.09. The van der Waals surface area contributed by atoms with Crippen LogP contribution < -0.4 is 10.6 Å². The summed E-state index contributed by atoms with van der Waals surface area (Å²) >= 11 is 2.84. The SMILES string of the molecule is CNc1nnc(C(=O)NCCc2nc(C)cs2)s1. The Balaban J connectivity index is 1.81. The Morgan fingerprint density at radius 1 is 1.44 bits per heavy atom. The van der Waals surface area contributed by atoms with Gasteiger partial charge >= 0.3 is 0 Å². The molecule has 2 rings (SSSR count). The molecule has 6 nitrogen and oxygen atoms in total. The predicted molar refractivity (Wildman–Crippen MR) is 72.3 cm³/mol. The lowest BCUT2D eigenvalue weighted by molar-refractivity contribution is 0.0953. The van der Waals surface area contributed by atoms with Gasteiger partial charge in [0, 0.05) is 31.1 Å². The predicted octanol–water partition coefficient (Wildman–Crippen LogP) is 1.32. The molecule has 0 unspecified atom stereocenters. The summed E-state index contributed by atoms with van der Waals surface area (Å²) in [5.41, 5.74) is 1.02. The highest BCUT2D eigenvalue weighted by Crippen LogP contribution is 2.14. The van der Waals surface area contributed by atoms with Crippen LogP contribution >= 0.6 is 22.7 Å². The molecule has 0 saturated heterocycles. The maximum atomic E-state index is 11.7. The second-order valence-corrected chi connectivity index (χ2v) is 5.47. The van der Waals surface area contributed by atoms with Crippen LogP contribution in [0.3, 0.4) is 0 Å². The number of amides is 1. The lowest BCUT2D eigenvalue weighted by Crippen LogP contribution is -2.25. The van der Waals surface area contributed by atoms with Crippen LogP contribution in [-0.2, 0) is 6.42 Å². The molecule has 96 valence electrons. The number of aryl methyl sites for hydroxylation is 1. The molecular formula is C10H13N5OS2. The summed E-state index contributed by atoms with van der Waals surface area (Å²) in [5, 5.41) is 17.3. The largest absolute Gasteiger partial charge is 0.363 e. The van der Waals surface area contributed by atoms with Crippen molar-refractivity contribution in [1.82, 2.24) is 20.5 Å². The summed E-state index contributed by atoms with van der Waals surface area (Å²) in [5.74, 6) is -0.192. The fraction of sp³-hybridized carbons (Fsp3) is 0.400. The first-order chi connectivity index (χ1) is 8.69. The molecular weight excluding hydrogens is 270 g/mol. The van der Waals surface area contributed by atoms with E-state index in [2.05, 4.69) is 25.8 Å². The van der Waals surface area contributed by atoms with Gasteiger partial charge < -0.3 is 10.6 Å². The standard InChI is InChI=1S/C10H13N5OS2/c1-6-5-17-7(13-6)3-4-12-8(16)9-14-15-10(11-2)18-9/h5H,3-4H2,1-2H3,(H,11,15)(H,12,16). The second-order valence-electron chi connectivity index (χ2n) is 3.55. The van der Waals surface area contributed by atoms with Gasteiger partial charge in [0.25, 0.3) is 5.91 Å². The van der Waals surface area contributed by atoms with Crippen LogP contribution in [0.25, 0.3) is 0 Å². The van der Waals surface area contributed by atoms with Crippen LogP contribution in [0.5, 0.6) is 0 Å². The van der Waals surface area contributed by atoms with Crippen molar-refractivity contribution >= 4 is 33.7 Å². The van der Waals surface area contributed by atoms with Gasteiger partial charge in [0.2, 0.25) is 10.1 Å². The Morgan fingerprint density at radius 2 is 2.28 bits per heavy atom. The van der Waals surface area contributed by atoms with Gasteiger partial charge in [-0.1, -0.05) is 11.3 Å². The molecule has 0 aliphatic rings. The maximum absolute atomic E-state index is 11.7. The molecule has 0 aliphatic heterocycles. The molecule has 2 aromatic heterocycles. The number of nitrogens with one attached hydrogen (secondary N) is 2. The van der Waals surface area contributed by atoms with Crippen molar-refractivity contribution in [2.24, 2.45) is 0 Å². The molecule has 0 fully saturated rings. The molecule has 18 heavy (non-hydrogen) atoms. The zero-order chi connectivity index (χ0) is 13.0. The molecule has 1 amide bonds. The highest BCUT2D eigenvalue weighted by atomic mass is 32.1. The molecule has 8 heteroatoms. The second kappa shape index (κ2) is 5.87. The number of hydrogen-bond donors (Lipinski definition) is 2. The fourth-order valence-corrected chi connectivity index (χ4v) is 2.68. The molecule has 0 aromatic carbocycles. The van der Waals surface area contributed by atoms with Gasteiger partial charge in [-0.2, -0.15) is 0 Å². The first kappa shape index (κ1) is 12.9. The average molecular weight is 283 g/mol. The van der Waals surface area contributed by atoms with Crippen LogP contribution in [-0.4, -0.2) is 34.7 Å². The molecule has 2 heterocycles. The van der Waals surface area contributed by atoms with Gasteiger partial charge in [0.1, 0.15) is 0 Å². The first-order valence-electron chi connectivity index (χ1n) is 5.39. The van der Waals surface area contributed by atoms with Gasteiger partial charge in [0.05, 0.1) is 5.01 Å². The Morgan fingerprint density at radius 3 is 2.89 bits per heavy atom. The zero-order valence-corrected chi connectivity index (χ0v) is 11.7. The van der Waals surface area contributed by atoms with Gasteiger partial charge in [-0.05, 0) is 6.92 Å². The van der Waals surface area contributed by atoms with E-state index in [0.29, 0.717) is 16.7 Å². The lowest BCUT2D eigenvalue weighted by atomic mass is 10.4. The lowest BCUT2D eigenvalue weighted by Gasteiger charge is -1.99. The van der Waals surface area contributed by atoms with E-state index in [0.717, 1.165) is 17.1 Å². The van der Waals surface area contributed by atoms with Crippen molar-refractivity contribution in [3.8, 4) is 0 Å². The van der Waals surface area contributed by atoms with Crippen molar-refractivity contribution in [2.45, 2.75) is 13.3 Å². The maximum Gasteiger partial charge on any atom is 0.282 e. The van der Waals surface area contributed by atoms with E-state index in [1.807, 2.05) is 12.3 Å². The summed E-state index contributed by atoms with van der Waals surface area (Å²) in [4.78, 5) is 16.1. The van der Waals surface area contributed by atoms with Crippen molar-refractivity contribution in [3.05, 3.63) is 21.1 Å². The van der Waals surface area contributed by atoms with Gasteiger partial charge in [-0.25, -0.2) is 4.98 Å². The van der Waals surface area contributed by atoms with Gasteiger partial charge in [0.15, 0.2) is 0 Å². The third kappa shape index (κ3) is 3.23. The zero-order valence-electron chi connectivity index (χ0n) is 10.1. The minimum Gasteiger partial charge on any atom is -0.363 e. The minimum atomic E-state index is -0.192. The van der Waals surface area contributed by atoms with E-state index in [9.17, 15) is 4.79 Å². The molecule has 0 atom stereocenters. The highest BCUT2D eigenvalue weighted by molar-refractivity contribution is 7.17. The molecule has 0 bridgehead atoms. The summed E-state index contributed by atoms with van der Waals surface area (Å²) in [6.07, 6.45) is 0.738. The highest BCUT2D eigenvalue weighted by Gasteiger charge is 2.11. The molecule has 0 saturated carbocycles. The number of hydrogen-bond acceptors (Lipinski definition) is 7. The van der Waals surface area contributed by atoms with E-state index >= 15 is 0 Å². The molecule has 0 spiro atoms. The minimum absolute atomic E-state index is 0.192. The van der Waals surface area contributed by atoms with Crippen molar-refractivity contribution in [1.29, 1.82) is 0 Å². The third-order valence-electron chi connectivity index (χ3n) is 2.12. The number of carbonyl (C=O) groups excluding carboxylic acids is 1. The Kier molecular flexibility index (Phi) is 4.21. The number of nitrogens with zero attached hydrogens (tertiary/aromatic N) is 3. The number of carbonyl (C=O) groups is 1. The van der Waals surface area contributed by atoms with Crippen molar-refractivity contribution in [3.63, 3.8) is 0 Å². The summed E-state index contributed by atoms with van der Waals surface area (Å²) in [7, 11) is 1.74. The Bertz CT molecular complexity index is 536. The van der Waals surface area contributed by atoms with Crippen molar-refractivity contribution < 1.29 is 4.79 Å².